The fraction of sp³-hybridized carbons (Fsp3) is 0.800. The van der Waals surface area contributed by atoms with Gasteiger partial charge in [-0.15, -0.1) is 0 Å². The first-order chi connectivity index (χ1) is 6.60. The van der Waals surface area contributed by atoms with E-state index in [1.165, 1.54) is 0 Å². The number of nitrogens with zero attached hydrogens (tertiary/aromatic N) is 1. The molecule has 78 valence electrons. The molecular weight excluding hydrogens is 180 g/mol. The van der Waals surface area contributed by atoms with E-state index >= 15 is 0 Å². The molecule has 0 aromatic carbocycles. The fourth-order valence-electron chi connectivity index (χ4n) is 1.29. The van der Waals surface area contributed by atoms with Gasteiger partial charge in [0, 0.05) is 0 Å². The number of amides is 1. The van der Waals surface area contributed by atoms with E-state index in [0.717, 1.165) is 6.42 Å². The number of carbonyl (C=O) groups is 1. The van der Waals surface area contributed by atoms with Crippen molar-refractivity contribution in [3.63, 3.8) is 0 Å². The van der Waals surface area contributed by atoms with Gasteiger partial charge in [0.15, 0.2) is 0 Å². The van der Waals surface area contributed by atoms with Crippen LogP contribution in [0.25, 0.3) is 0 Å². The summed E-state index contributed by atoms with van der Waals surface area (Å²) in [6, 6.07) is 2.06. The third-order valence-corrected chi connectivity index (χ3v) is 2.44. The third-order valence-electron chi connectivity index (χ3n) is 2.44. The molecule has 4 heteroatoms. The Balaban J connectivity index is 2.31. The van der Waals surface area contributed by atoms with Crippen LogP contribution >= 0.6 is 0 Å². The molecule has 1 aliphatic carbocycles. The second-order valence-electron chi connectivity index (χ2n) is 4.18. The van der Waals surface area contributed by atoms with E-state index in [0.29, 0.717) is 25.4 Å². The minimum atomic E-state index is -0.809. The van der Waals surface area contributed by atoms with Crippen LogP contribution in [0.15, 0.2) is 0 Å². The van der Waals surface area contributed by atoms with E-state index in [1.807, 2.05) is 13.8 Å². The number of hydrogen-bond donors (Lipinski definition) is 1. The van der Waals surface area contributed by atoms with Crippen LogP contribution in [0, 0.1) is 22.7 Å². The highest BCUT2D eigenvalue weighted by Crippen LogP contribution is 2.40. The molecule has 0 atom stereocenters. The van der Waals surface area contributed by atoms with Crippen molar-refractivity contribution in [2.45, 2.75) is 33.1 Å². The Bertz CT molecular complexity index is 251. The molecule has 0 aromatic heterocycles. The zero-order valence-electron chi connectivity index (χ0n) is 8.67. The van der Waals surface area contributed by atoms with Crippen molar-refractivity contribution in [1.29, 1.82) is 5.26 Å². The Morgan fingerprint density at radius 1 is 1.64 bits per heavy atom. The van der Waals surface area contributed by atoms with E-state index < -0.39 is 5.41 Å². The van der Waals surface area contributed by atoms with Gasteiger partial charge in [-0.05, 0) is 25.2 Å². The number of nitrogens with one attached hydrogen (secondary N) is 1. The lowest BCUT2D eigenvalue weighted by molar-refractivity contribution is -0.145. The first-order valence-corrected chi connectivity index (χ1v) is 4.94. The summed E-state index contributed by atoms with van der Waals surface area (Å²) < 4.78 is 0. The van der Waals surface area contributed by atoms with E-state index in [9.17, 15) is 4.79 Å². The van der Waals surface area contributed by atoms with Gasteiger partial charge >= 0.3 is 0 Å². The van der Waals surface area contributed by atoms with Gasteiger partial charge < -0.3 is 0 Å². The van der Waals surface area contributed by atoms with Crippen LogP contribution in [-0.2, 0) is 9.63 Å². The zero-order chi connectivity index (χ0) is 10.6. The second kappa shape index (κ2) is 4.43. The SMILES string of the molecule is CC(C)CONC(=O)C1(C#N)CCC1. The summed E-state index contributed by atoms with van der Waals surface area (Å²) in [7, 11) is 0. The molecule has 0 saturated heterocycles. The van der Waals surface area contributed by atoms with Crippen LogP contribution < -0.4 is 5.48 Å². The van der Waals surface area contributed by atoms with Crippen molar-refractivity contribution in [3.05, 3.63) is 0 Å². The molecule has 0 radical (unpaired) electrons. The molecule has 0 aliphatic heterocycles. The molecule has 0 bridgehead atoms. The maximum atomic E-state index is 11.5. The van der Waals surface area contributed by atoms with Crippen LogP contribution in [0.5, 0.6) is 0 Å². The number of rotatable bonds is 4. The lowest BCUT2D eigenvalue weighted by Gasteiger charge is -2.32. The molecule has 1 saturated carbocycles. The van der Waals surface area contributed by atoms with Gasteiger partial charge in [-0.2, -0.15) is 5.26 Å². The summed E-state index contributed by atoms with van der Waals surface area (Å²) in [5, 5.41) is 8.85. The fourth-order valence-corrected chi connectivity index (χ4v) is 1.29. The van der Waals surface area contributed by atoms with Gasteiger partial charge in [0.1, 0.15) is 5.41 Å². The molecule has 1 rings (SSSR count). The Morgan fingerprint density at radius 3 is 2.64 bits per heavy atom. The number of carbonyl (C=O) groups excluding carboxylic acids is 1. The van der Waals surface area contributed by atoms with Gasteiger partial charge in [0.2, 0.25) is 0 Å². The maximum absolute atomic E-state index is 11.5. The molecule has 14 heavy (non-hydrogen) atoms. The minimum Gasteiger partial charge on any atom is -0.273 e. The normalized spacial score (nSPS) is 18.4. The van der Waals surface area contributed by atoms with Crippen molar-refractivity contribution in [2.75, 3.05) is 6.61 Å². The molecule has 1 fully saturated rings. The van der Waals surface area contributed by atoms with Crippen LogP contribution in [0.2, 0.25) is 0 Å². The molecule has 1 amide bonds. The molecular formula is C10H16N2O2. The quantitative estimate of drug-likeness (QED) is 0.691. The summed E-state index contributed by atoms with van der Waals surface area (Å²) >= 11 is 0. The molecule has 0 heterocycles. The van der Waals surface area contributed by atoms with Crippen molar-refractivity contribution >= 4 is 5.91 Å². The Hall–Kier alpha value is -1.08. The minimum absolute atomic E-state index is 0.285. The highest BCUT2D eigenvalue weighted by atomic mass is 16.7. The van der Waals surface area contributed by atoms with Gasteiger partial charge in [-0.25, -0.2) is 5.48 Å². The molecule has 1 aliphatic rings. The van der Waals surface area contributed by atoms with Crippen molar-refractivity contribution in [3.8, 4) is 6.07 Å². The highest BCUT2D eigenvalue weighted by Gasteiger charge is 2.44. The molecule has 0 unspecified atom stereocenters. The van der Waals surface area contributed by atoms with Crippen LogP contribution in [0.3, 0.4) is 0 Å². The smallest absolute Gasteiger partial charge is 0.263 e. The van der Waals surface area contributed by atoms with Crippen molar-refractivity contribution in [1.82, 2.24) is 5.48 Å². The van der Waals surface area contributed by atoms with Crippen LogP contribution in [0.1, 0.15) is 33.1 Å². The summed E-state index contributed by atoms with van der Waals surface area (Å²) in [4.78, 5) is 16.5. The average Bonchev–Trinajstić information content (AvgIpc) is 2.02. The summed E-state index contributed by atoms with van der Waals surface area (Å²) in [5.74, 6) is 0.0848. The first-order valence-electron chi connectivity index (χ1n) is 4.94. The molecule has 4 nitrogen and oxygen atoms in total. The van der Waals surface area contributed by atoms with Gasteiger partial charge in [-0.3, -0.25) is 9.63 Å². The summed E-state index contributed by atoms with van der Waals surface area (Å²) in [6.45, 7) is 4.47. The predicted molar refractivity (Wildman–Crippen MR) is 50.8 cm³/mol. The second-order valence-corrected chi connectivity index (χ2v) is 4.18. The lowest BCUT2D eigenvalue weighted by atomic mass is 9.69. The molecule has 0 aromatic rings. The van der Waals surface area contributed by atoms with Crippen molar-refractivity contribution < 1.29 is 9.63 Å². The van der Waals surface area contributed by atoms with Gasteiger partial charge in [0.25, 0.3) is 5.91 Å². The van der Waals surface area contributed by atoms with Crippen LogP contribution in [0.4, 0.5) is 0 Å². The topological polar surface area (TPSA) is 62.1 Å². The summed E-state index contributed by atoms with van der Waals surface area (Å²) in [5.41, 5.74) is 1.54. The van der Waals surface area contributed by atoms with Gasteiger partial charge in [0.05, 0.1) is 12.7 Å². The van der Waals surface area contributed by atoms with Gasteiger partial charge in [-0.1, -0.05) is 13.8 Å². The lowest BCUT2D eigenvalue weighted by Crippen LogP contribution is -2.44. The number of hydroxylamine groups is 1. The third kappa shape index (κ3) is 2.24. The standard InChI is InChI=1S/C10H16N2O2/c1-8(2)6-14-12-9(13)10(7-11)4-3-5-10/h8H,3-6H2,1-2H3,(H,12,13). The van der Waals surface area contributed by atoms with E-state index in [4.69, 9.17) is 10.1 Å². The maximum Gasteiger partial charge on any atom is 0.263 e. The Morgan fingerprint density at radius 2 is 2.29 bits per heavy atom. The average molecular weight is 196 g/mol. The zero-order valence-corrected chi connectivity index (χ0v) is 8.67. The summed E-state index contributed by atoms with van der Waals surface area (Å²) in [6.07, 6.45) is 2.26. The molecule has 0 spiro atoms. The monoisotopic (exact) mass is 196 g/mol. The van der Waals surface area contributed by atoms with E-state index in [2.05, 4.69) is 11.5 Å². The Kier molecular flexibility index (Phi) is 3.48. The van der Waals surface area contributed by atoms with Crippen molar-refractivity contribution in [2.24, 2.45) is 11.3 Å². The number of hydrogen-bond acceptors (Lipinski definition) is 3. The van der Waals surface area contributed by atoms with E-state index in [-0.39, 0.29) is 5.91 Å². The molecule has 1 N–H and O–H groups in total. The van der Waals surface area contributed by atoms with Crippen LogP contribution in [-0.4, -0.2) is 12.5 Å². The Labute approximate surface area is 84.2 Å². The van der Waals surface area contributed by atoms with E-state index in [1.54, 1.807) is 0 Å². The first kappa shape index (κ1) is 11.0. The largest absolute Gasteiger partial charge is 0.273 e. The highest BCUT2D eigenvalue weighted by molar-refractivity contribution is 5.85. The number of nitriles is 1. The predicted octanol–water partition coefficient (Wildman–Crippen LogP) is 1.38.